The predicted molar refractivity (Wildman–Crippen MR) is 120 cm³/mol. The van der Waals surface area contributed by atoms with Crippen LogP contribution in [0.25, 0.3) is 0 Å². The third-order valence-electron chi connectivity index (χ3n) is 4.59. The van der Waals surface area contributed by atoms with E-state index in [9.17, 15) is 4.79 Å². The number of anilines is 1. The molecule has 0 aliphatic heterocycles. The zero-order valence-electron chi connectivity index (χ0n) is 17.6. The second-order valence-corrected chi connectivity index (χ2v) is 8.71. The summed E-state index contributed by atoms with van der Waals surface area (Å²) < 4.78 is 7.14. The van der Waals surface area contributed by atoms with E-state index in [4.69, 9.17) is 10.6 Å². The van der Waals surface area contributed by atoms with Gasteiger partial charge in [-0.2, -0.15) is 0 Å². The minimum Gasteiger partial charge on any atom is -0.486 e. The van der Waals surface area contributed by atoms with Gasteiger partial charge in [0, 0.05) is 5.69 Å². The summed E-state index contributed by atoms with van der Waals surface area (Å²) in [5.74, 6) is 7.67. The van der Waals surface area contributed by atoms with Crippen molar-refractivity contribution < 1.29 is 9.53 Å². The number of aromatic nitrogens is 3. The topological polar surface area (TPSA) is 95.1 Å². The van der Waals surface area contributed by atoms with Crippen molar-refractivity contribution in [3.63, 3.8) is 0 Å². The van der Waals surface area contributed by atoms with Gasteiger partial charge < -0.3 is 15.9 Å². The summed E-state index contributed by atoms with van der Waals surface area (Å²) in [4.78, 5) is 12.5. The van der Waals surface area contributed by atoms with Crippen molar-refractivity contribution in [1.29, 1.82) is 0 Å². The average molecular weight is 426 g/mol. The van der Waals surface area contributed by atoms with E-state index in [1.165, 1.54) is 22.0 Å². The fourth-order valence-corrected chi connectivity index (χ4v) is 3.55. The number of carbonyl (C=O) groups is 1. The van der Waals surface area contributed by atoms with Crippen LogP contribution in [0.2, 0.25) is 0 Å². The first kappa shape index (κ1) is 21.7. The van der Waals surface area contributed by atoms with Gasteiger partial charge in [-0.05, 0) is 55.2 Å². The molecule has 1 amide bonds. The number of nitrogens with zero attached hydrogens (tertiary/aromatic N) is 3. The molecular weight excluding hydrogens is 398 g/mol. The van der Waals surface area contributed by atoms with Crippen molar-refractivity contribution in [3.05, 3.63) is 65.5 Å². The molecule has 3 N–H and O–H groups in total. The number of aryl methyl sites for hydroxylation is 1. The molecule has 0 saturated heterocycles. The molecule has 1 atom stereocenters. The molecule has 2 aromatic carbocycles. The lowest BCUT2D eigenvalue weighted by atomic mass is 10.0. The Balaban J connectivity index is 1.57. The molecule has 1 heterocycles. The van der Waals surface area contributed by atoms with E-state index < -0.39 is 5.25 Å². The number of amides is 1. The number of nitrogens with one attached hydrogen (secondary N) is 1. The van der Waals surface area contributed by atoms with E-state index in [1.54, 1.807) is 6.92 Å². The van der Waals surface area contributed by atoms with E-state index >= 15 is 0 Å². The largest absolute Gasteiger partial charge is 0.486 e. The Morgan fingerprint density at radius 2 is 1.90 bits per heavy atom. The molecule has 7 nitrogen and oxygen atoms in total. The van der Waals surface area contributed by atoms with Gasteiger partial charge in [0.1, 0.15) is 12.4 Å². The molecule has 30 heavy (non-hydrogen) atoms. The number of hydrogen-bond acceptors (Lipinski definition) is 6. The summed E-state index contributed by atoms with van der Waals surface area (Å²) in [6.45, 7) is 8.26. The normalized spacial score (nSPS) is 12.0. The quantitative estimate of drug-likeness (QED) is 0.416. The van der Waals surface area contributed by atoms with Crippen LogP contribution in [-0.2, 0) is 11.4 Å². The number of ether oxygens (including phenoxy) is 1. The molecule has 0 bridgehead atoms. The Hall–Kier alpha value is -3.00. The molecule has 3 aromatic rings. The molecule has 8 heteroatoms. The number of hydrogen-bond donors (Lipinski definition) is 2. The van der Waals surface area contributed by atoms with E-state index in [1.807, 2.05) is 55.5 Å². The summed E-state index contributed by atoms with van der Waals surface area (Å²) in [6.07, 6.45) is 0. The Kier molecular flexibility index (Phi) is 6.99. The molecule has 0 aliphatic carbocycles. The zero-order valence-corrected chi connectivity index (χ0v) is 18.4. The smallest absolute Gasteiger partial charge is 0.237 e. The predicted octanol–water partition coefficient (Wildman–Crippen LogP) is 4.12. The van der Waals surface area contributed by atoms with Gasteiger partial charge in [-0.3, -0.25) is 4.79 Å². The van der Waals surface area contributed by atoms with Crippen LogP contribution >= 0.6 is 11.8 Å². The Morgan fingerprint density at radius 1 is 1.17 bits per heavy atom. The van der Waals surface area contributed by atoms with Crippen LogP contribution in [0.4, 0.5) is 5.69 Å². The first-order chi connectivity index (χ1) is 14.3. The number of nitrogens with two attached hydrogens (primary N) is 1. The van der Waals surface area contributed by atoms with Gasteiger partial charge in [-0.15, -0.1) is 10.2 Å². The van der Waals surface area contributed by atoms with E-state index in [0.29, 0.717) is 16.9 Å². The minimum atomic E-state index is -0.394. The monoisotopic (exact) mass is 425 g/mol. The van der Waals surface area contributed by atoms with Gasteiger partial charge in [-0.25, -0.2) is 4.68 Å². The maximum Gasteiger partial charge on any atom is 0.237 e. The summed E-state index contributed by atoms with van der Waals surface area (Å²) in [5.41, 5.74) is 3.10. The fraction of sp³-hybridized carbons (Fsp3) is 0.318. The van der Waals surface area contributed by atoms with Crippen LogP contribution in [0.15, 0.2) is 53.7 Å². The third kappa shape index (κ3) is 5.54. The van der Waals surface area contributed by atoms with E-state index in [0.717, 1.165) is 17.0 Å². The van der Waals surface area contributed by atoms with Crippen LogP contribution in [-0.4, -0.2) is 26.0 Å². The van der Waals surface area contributed by atoms with E-state index in [2.05, 4.69) is 29.4 Å². The molecule has 0 spiro atoms. The first-order valence-corrected chi connectivity index (χ1v) is 10.7. The second-order valence-electron chi connectivity index (χ2n) is 7.40. The molecule has 0 fully saturated rings. The molecule has 3 rings (SSSR count). The standard InChI is InChI=1S/C22H27N5O2S/c1-14(2)17-8-10-19(11-9-17)29-13-20-25-26-22(27(20)23)30-16(4)21(28)24-18-7-5-6-15(3)12-18/h5-12,14,16H,13,23H2,1-4H3,(H,24,28). The zero-order chi connectivity index (χ0) is 21.7. The molecule has 0 radical (unpaired) electrons. The van der Waals surface area contributed by atoms with Crippen molar-refractivity contribution in [2.75, 3.05) is 11.2 Å². The Morgan fingerprint density at radius 3 is 2.57 bits per heavy atom. The summed E-state index contributed by atoms with van der Waals surface area (Å²) in [5, 5.41) is 11.2. The number of carbonyl (C=O) groups excluding carboxylic acids is 1. The van der Waals surface area contributed by atoms with Crippen molar-refractivity contribution in [2.24, 2.45) is 0 Å². The van der Waals surface area contributed by atoms with Gasteiger partial charge in [0.2, 0.25) is 11.1 Å². The van der Waals surface area contributed by atoms with Gasteiger partial charge in [0.15, 0.2) is 5.82 Å². The fourth-order valence-electron chi connectivity index (χ4n) is 2.76. The molecular formula is C22H27N5O2S. The van der Waals surface area contributed by atoms with Gasteiger partial charge >= 0.3 is 0 Å². The number of thioether (sulfide) groups is 1. The third-order valence-corrected chi connectivity index (χ3v) is 5.64. The van der Waals surface area contributed by atoms with Crippen LogP contribution in [0.5, 0.6) is 5.75 Å². The lowest BCUT2D eigenvalue weighted by Crippen LogP contribution is -2.24. The molecule has 1 aromatic heterocycles. The maximum atomic E-state index is 12.5. The van der Waals surface area contributed by atoms with Crippen LogP contribution in [0.1, 0.15) is 43.6 Å². The molecule has 1 unspecified atom stereocenters. The van der Waals surface area contributed by atoms with Crippen LogP contribution in [0.3, 0.4) is 0 Å². The van der Waals surface area contributed by atoms with Crippen molar-refractivity contribution in [2.45, 2.75) is 50.6 Å². The molecule has 0 saturated carbocycles. The Labute approximate surface area is 181 Å². The van der Waals surface area contributed by atoms with Crippen molar-refractivity contribution in [1.82, 2.24) is 14.9 Å². The van der Waals surface area contributed by atoms with Crippen LogP contribution < -0.4 is 15.9 Å². The highest BCUT2D eigenvalue weighted by Crippen LogP contribution is 2.23. The Bertz CT molecular complexity index is 1000. The number of nitrogen functional groups attached to an aromatic ring is 1. The highest BCUT2D eigenvalue weighted by atomic mass is 32.2. The number of rotatable bonds is 8. The van der Waals surface area contributed by atoms with E-state index in [-0.39, 0.29) is 12.5 Å². The van der Waals surface area contributed by atoms with Gasteiger partial charge in [0.25, 0.3) is 0 Å². The first-order valence-electron chi connectivity index (χ1n) is 9.80. The second kappa shape index (κ2) is 9.67. The van der Waals surface area contributed by atoms with Crippen molar-refractivity contribution >= 4 is 23.4 Å². The molecule has 158 valence electrons. The minimum absolute atomic E-state index is 0.128. The average Bonchev–Trinajstić information content (AvgIpc) is 3.06. The maximum absolute atomic E-state index is 12.5. The summed E-state index contributed by atoms with van der Waals surface area (Å²) in [7, 11) is 0. The lowest BCUT2D eigenvalue weighted by Gasteiger charge is -2.12. The highest BCUT2D eigenvalue weighted by molar-refractivity contribution is 8.00. The van der Waals surface area contributed by atoms with Crippen molar-refractivity contribution in [3.8, 4) is 5.75 Å². The van der Waals surface area contributed by atoms with Gasteiger partial charge in [0.05, 0.1) is 5.25 Å². The van der Waals surface area contributed by atoms with Crippen LogP contribution in [0, 0.1) is 6.92 Å². The van der Waals surface area contributed by atoms with Gasteiger partial charge in [-0.1, -0.05) is 49.9 Å². The summed E-state index contributed by atoms with van der Waals surface area (Å²) >= 11 is 1.25. The number of benzene rings is 2. The summed E-state index contributed by atoms with van der Waals surface area (Å²) in [6, 6.07) is 15.6. The highest BCUT2D eigenvalue weighted by Gasteiger charge is 2.20. The molecule has 0 aliphatic rings. The lowest BCUT2D eigenvalue weighted by molar-refractivity contribution is -0.115. The SMILES string of the molecule is Cc1cccc(NC(=O)C(C)Sc2nnc(COc3ccc(C(C)C)cc3)n2N)c1.